The van der Waals surface area contributed by atoms with Gasteiger partial charge in [-0.05, 0) is 13.8 Å². The lowest BCUT2D eigenvalue weighted by molar-refractivity contribution is 0.420. The molecule has 0 N–H and O–H groups in total. The Kier molecular flexibility index (Phi) is 3.51. The lowest BCUT2D eigenvalue weighted by atomic mass is 10.2. The molecular formula is C14H18N6O2. The summed E-state index contributed by atoms with van der Waals surface area (Å²) in [5, 5.41) is 12.6. The second-order valence-corrected chi connectivity index (χ2v) is 5.79. The molecule has 3 aromatic rings. The molecule has 0 unspecified atom stereocenters. The molecule has 116 valence electrons. The average Bonchev–Trinajstić information content (AvgIpc) is 3.08. The van der Waals surface area contributed by atoms with E-state index in [9.17, 15) is 4.79 Å². The van der Waals surface area contributed by atoms with E-state index in [2.05, 4.69) is 20.3 Å². The van der Waals surface area contributed by atoms with E-state index in [0.29, 0.717) is 22.8 Å². The highest BCUT2D eigenvalue weighted by Gasteiger charge is 2.14. The molecule has 0 bridgehead atoms. The smallest absolute Gasteiger partial charge is 0.264 e. The Morgan fingerprint density at radius 2 is 2.00 bits per heavy atom. The molecule has 0 saturated carbocycles. The third-order valence-electron chi connectivity index (χ3n) is 3.35. The number of aromatic nitrogens is 6. The van der Waals surface area contributed by atoms with E-state index < -0.39 is 0 Å². The Labute approximate surface area is 126 Å². The van der Waals surface area contributed by atoms with Gasteiger partial charge in [0.15, 0.2) is 5.65 Å². The highest BCUT2D eigenvalue weighted by Crippen LogP contribution is 2.14. The van der Waals surface area contributed by atoms with Crippen molar-refractivity contribution >= 4 is 11.0 Å². The Morgan fingerprint density at radius 3 is 2.64 bits per heavy atom. The Bertz CT molecular complexity index is 858. The van der Waals surface area contributed by atoms with Crippen molar-refractivity contribution in [3.05, 3.63) is 34.7 Å². The third-order valence-corrected chi connectivity index (χ3v) is 3.35. The van der Waals surface area contributed by atoms with Gasteiger partial charge in [-0.1, -0.05) is 13.8 Å². The van der Waals surface area contributed by atoms with Crippen molar-refractivity contribution in [3.8, 4) is 0 Å². The number of fused-ring (bicyclic) bond motifs is 1. The molecule has 0 fully saturated rings. The predicted octanol–water partition coefficient (Wildman–Crippen LogP) is 1.73. The molecule has 0 aliphatic heterocycles. The molecule has 0 radical (unpaired) electrons. The van der Waals surface area contributed by atoms with Crippen molar-refractivity contribution in [3.63, 3.8) is 0 Å². The van der Waals surface area contributed by atoms with Gasteiger partial charge < -0.3 is 4.42 Å². The summed E-state index contributed by atoms with van der Waals surface area (Å²) in [5.74, 6) is 1.11. The molecule has 22 heavy (non-hydrogen) atoms. The molecule has 0 aliphatic carbocycles. The third kappa shape index (κ3) is 2.40. The molecule has 3 aromatic heterocycles. The Hall–Kier alpha value is -2.51. The minimum atomic E-state index is -0.166. The minimum absolute atomic E-state index is 0.143. The van der Waals surface area contributed by atoms with Crippen LogP contribution in [-0.2, 0) is 6.54 Å². The summed E-state index contributed by atoms with van der Waals surface area (Å²) in [4.78, 5) is 16.8. The fraction of sp³-hybridized carbons (Fsp3) is 0.500. The second kappa shape index (κ2) is 5.36. The van der Waals surface area contributed by atoms with Crippen LogP contribution in [0.3, 0.4) is 0 Å². The fourth-order valence-electron chi connectivity index (χ4n) is 2.17. The summed E-state index contributed by atoms with van der Waals surface area (Å²) in [5.41, 5.74) is 0.422. The van der Waals surface area contributed by atoms with Crippen molar-refractivity contribution < 1.29 is 4.42 Å². The summed E-state index contributed by atoms with van der Waals surface area (Å²) in [6.45, 7) is 8.13. The van der Waals surface area contributed by atoms with Gasteiger partial charge in [0.1, 0.15) is 18.3 Å². The molecular weight excluding hydrogens is 284 g/mol. The van der Waals surface area contributed by atoms with Crippen molar-refractivity contribution in [2.24, 2.45) is 0 Å². The van der Waals surface area contributed by atoms with Crippen LogP contribution in [0.4, 0.5) is 0 Å². The molecule has 0 amide bonds. The van der Waals surface area contributed by atoms with Crippen molar-refractivity contribution in [1.29, 1.82) is 0 Å². The van der Waals surface area contributed by atoms with Crippen LogP contribution in [0.25, 0.3) is 11.0 Å². The molecule has 8 heteroatoms. The number of hydrogen-bond acceptors (Lipinski definition) is 6. The Balaban J connectivity index is 1.97. The van der Waals surface area contributed by atoms with Crippen LogP contribution < -0.4 is 5.56 Å². The highest BCUT2D eigenvalue weighted by atomic mass is 16.4. The standard InChI is InChI=1S/C14H18N6O2/c1-8(2)13-18-17-11(22-13)6-19-7-15-12-10(14(19)21)5-16-20(12)9(3)4/h5,7-9H,6H2,1-4H3. The number of nitrogens with zero attached hydrogens (tertiary/aromatic N) is 6. The predicted molar refractivity (Wildman–Crippen MR) is 79.7 cm³/mol. The maximum Gasteiger partial charge on any atom is 0.264 e. The lowest BCUT2D eigenvalue weighted by Crippen LogP contribution is -2.21. The van der Waals surface area contributed by atoms with E-state index in [1.54, 1.807) is 10.9 Å². The zero-order valence-electron chi connectivity index (χ0n) is 13.0. The van der Waals surface area contributed by atoms with Gasteiger partial charge >= 0.3 is 0 Å². The Morgan fingerprint density at radius 1 is 1.23 bits per heavy atom. The quantitative estimate of drug-likeness (QED) is 0.728. The summed E-state index contributed by atoms with van der Waals surface area (Å²) >= 11 is 0. The van der Waals surface area contributed by atoms with E-state index in [1.165, 1.54) is 10.9 Å². The first-order valence-corrected chi connectivity index (χ1v) is 7.22. The summed E-state index contributed by atoms with van der Waals surface area (Å²) in [6.07, 6.45) is 3.04. The normalized spacial score (nSPS) is 11.9. The summed E-state index contributed by atoms with van der Waals surface area (Å²) in [7, 11) is 0. The van der Waals surface area contributed by atoms with Gasteiger partial charge in [-0.15, -0.1) is 10.2 Å². The summed E-state index contributed by atoms with van der Waals surface area (Å²) in [6, 6.07) is 0.143. The van der Waals surface area contributed by atoms with Crippen LogP contribution in [0.15, 0.2) is 21.7 Å². The van der Waals surface area contributed by atoms with Crippen LogP contribution in [0.5, 0.6) is 0 Å². The molecule has 0 spiro atoms. The highest BCUT2D eigenvalue weighted by molar-refractivity contribution is 5.72. The van der Waals surface area contributed by atoms with Gasteiger partial charge in [0.2, 0.25) is 11.8 Å². The van der Waals surface area contributed by atoms with Gasteiger partial charge in [-0.3, -0.25) is 9.36 Å². The van der Waals surface area contributed by atoms with Crippen LogP contribution in [0, 0.1) is 0 Å². The van der Waals surface area contributed by atoms with E-state index in [-0.39, 0.29) is 24.1 Å². The van der Waals surface area contributed by atoms with Gasteiger partial charge in [0.25, 0.3) is 5.56 Å². The molecule has 3 heterocycles. The maximum absolute atomic E-state index is 12.5. The first-order chi connectivity index (χ1) is 10.5. The van der Waals surface area contributed by atoms with E-state index >= 15 is 0 Å². The fourth-order valence-corrected chi connectivity index (χ4v) is 2.17. The van der Waals surface area contributed by atoms with Crippen molar-refractivity contribution in [1.82, 2.24) is 29.5 Å². The molecule has 3 rings (SSSR count). The zero-order valence-corrected chi connectivity index (χ0v) is 13.0. The van der Waals surface area contributed by atoms with E-state index in [1.807, 2.05) is 27.7 Å². The van der Waals surface area contributed by atoms with Crippen LogP contribution in [0.1, 0.15) is 51.4 Å². The molecule has 0 aliphatic rings. The van der Waals surface area contributed by atoms with Crippen LogP contribution >= 0.6 is 0 Å². The van der Waals surface area contributed by atoms with Crippen molar-refractivity contribution in [2.45, 2.75) is 46.2 Å². The van der Waals surface area contributed by atoms with Crippen LogP contribution in [0.2, 0.25) is 0 Å². The second-order valence-electron chi connectivity index (χ2n) is 5.79. The molecule has 0 saturated heterocycles. The first-order valence-electron chi connectivity index (χ1n) is 7.22. The van der Waals surface area contributed by atoms with Crippen LogP contribution in [-0.4, -0.2) is 29.5 Å². The van der Waals surface area contributed by atoms with Gasteiger partial charge in [0.05, 0.1) is 6.20 Å². The zero-order chi connectivity index (χ0) is 15.9. The SMILES string of the molecule is CC(C)c1nnc(Cn2cnc3c(cnn3C(C)C)c2=O)o1. The van der Waals surface area contributed by atoms with Crippen molar-refractivity contribution in [2.75, 3.05) is 0 Å². The topological polar surface area (TPSA) is 91.6 Å². The number of rotatable bonds is 4. The van der Waals surface area contributed by atoms with Gasteiger partial charge in [-0.25, -0.2) is 9.67 Å². The molecule has 8 nitrogen and oxygen atoms in total. The largest absolute Gasteiger partial charge is 0.423 e. The summed E-state index contributed by atoms with van der Waals surface area (Å²) < 4.78 is 8.71. The average molecular weight is 302 g/mol. The van der Waals surface area contributed by atoms with E-state index in [0.717, 1.165) is 0 Å². The molecule has 0 atom stereocenters. The van der Waals surface area contributed by atoms with E-state index in [4.69, 9.17) is 4.42 Å². The molecule has 0 aromatic carbocycles. The number of hydrogen-bond donors (Lipinski definition) is 0. The van der Waals surface area contributed by atoms with Gasteiger partial charge in [-0.2, -0.15) is 5.10 Å². The lowest BCUT2D eigenvalue weighted by Gasteiger charge is -2.06. The minimum Gasteiger partial charge on any atom is -0.423 e. The van der Waals surface area contributed by atoms with Gasteiger partial charge in [0, 0.05) is 12.0 Å². The maximum atomic E-state index is 12.5. The first kappa shape index (κ1) is 14.4. The monoisotopic (exact) mass is 302 g/mol.